The van der Waals surface area contributed by atoms with Gasteiger partial charge in [-0.3, -0.25) is 0 Å². The molecule has 0 saturated heterocycles. The maximum atomic E-state index is 13.4. The summed E-state index contributed by atoms with van der Waals surface area (Å²) in [6.07, 6.45) is -1.20. The monoisotopic (exact) mass is 397 g/mol. The molecule has 0 bridgehead atoms. The first kappa shape index (κ1) is 18.6. The number of aliphatic hydroxyl groups excluding tert-OH is 1. The fourth-order valence-electron chi connectivity index (χ4n) is 2.32. The van der Waals surface area contributed by atoms with Crippen molar-refractivity contribution in [3.63, 3.8) is 0 Å². The molecule has 0 fully saturated rings. The molecule has 0 unspecified atom stereocenters. The topological polar surface area (TPSA) is 88.8 Å². The second kappa shape index (κ2) is 7.58. The number of nitrogens with one attached hydrogen (secondary N) is 1. The van der Waals surface area contributed by atoms with E-state index in [0.717, 1.165) is 17.7 Å². The van der Waals surface area contributed by atoms with Gasteiger partial charge in [0.15, 0.2) is 0 Å². The van der Waals surface area contributed by atoms with Crippen LogP contribution in [0.3, 0.4) is 0 Å². The predicted molar refractivity (Wildman–Crippen MR) is 95.1 cm³/mol. The molecule has 138 valence electrons. The molecule has 0 amide bonds. The highest BCUT2D eigenvalue weighted by Crippen LogP contribution is 2.28. The van der Waals surface area contributed by atoms with Gasteiger partial charge in [-0.1, -0.05) is 0 Å². The summed E-state index contributed by atoms with van der Waals surface area (Å²) in [4.78, 5) is -0.342. The van der Waals surface area contributed by atoms with Gasteiger partial charge in [0.2, 0.25) is 10.0 Å². The molecular weight excluding hydrogens is 381 g/mol. The third-order valence-electron chi connectivity index (χ3n) is 3.64. The summed E-state index contributed by atoms with van der Waals surface area (Å²) in [7, 11) is -2.79. The molecule has 9 heteroatoms. The third-order valence-corrected chi connectivity index (χ3v) is 5.77. The summed E-state index contributed by atoms with van der Waals surface area (Å²) < 4.78 is 50.9. The van der Waals surface area contributed by atoms with E-state index >= 15 is 0 Å². The Morgan fingerprint density at radius 1 is 1.31 bits per heavy atom. The molecule has 26 heavy (non-hydrogen) atoms. The molecule has 6 nitrogen and oxygen atoms in total. The zero-order valence-electron chi connectivity index (χ0n) is 13.7. The maximum Gasteiger partial charge on any atom is 0.244 e. The molecule has 0 radical (unpaired) electrons. The normalized spacial score (nSPS) is 12.9. The fourth-order valence-corrected chi connectivity index (χ4v) is 4.18. The number of benzene rings is 1. The molecule has 0 aliphatic rings. The van der Waals surface area contributed by atoms with Crippen LogP contribution in [0.15, 0.2) is 56.5 Å². The minimum atomic E-state index is -4.08. The van der Waals surface area contributed by atoms with E-state index in [2.05, 4.69) is 4.72 Å². The number of hydrogen-bond acceptors (Lipinski definition) is 6. The fraction of sp³-hybridized carbons (Fsp3) is 0.176. The lowest BCUT2D eigenvalue weighted by Crippen LogP contribution is -2.28. The minimum absolute atomic E-state index is 0.00568. The zero-order chi connectivity index (χ0) is 18.7. The average molecular weight is 397 g/mol. The second-order valence-corrected chi connectivity index (χ2v) is 7.89. The number of ether oxygens (including phenoxy) is 1. The summed E-state index contributed by atoms with van der Waals surface area (Å²) in [5.41, 5.74) is 0.874. The van der Waals surface area contributed by atoms with E-state index in [9.17, 15) is 17.9 Å². The van der Waals surface area contributed by atoms with E-state index in [1.807, 2.05) is 16.8 Å². The maximum absolute atomic E-state index is 13.4. The first-order valence-corrected chi connectivity index (χ1v) is 9.97. The van der Waals surface area contributed by atoms with Crippen LogP contribution in [0.2, 0.25) is 0 Å². The molecule has 3 rings (SSSR count). The lowest BCUT2D eigenvalue weighted by molar-refractivity contribution is 0.155. The Morgan fingerprint density at radius 3 is 2.81 bits per heavy atom. The molecule has 0 aliphatic carbocycles. The van der Waals surface area contributed by atoms with Crippen molar-refractivity contribution >= 4 is 21.4 Å². The first-order valence-electron chi connectivity index (χ1n) is 7.54. The van der Waals surface area contributed by atoms with Gasteiger partial charge >= 0.3 is 0 Å². The van der Waals surface area contributed by atoms with Gasteiger partial charge in [0.25, 0.3) is 0 Å². The zero-order valence-corrected chi connectivity index (χ0v) is 15.3. The van der Waals surface area contributed by atoms with Crippen LogP contribution < -0.4 is 9.46 Å². The van der Waals surface area contributed by atoms with Crippen LogP contribution in [0.4, 0.5) is 4.39 Å². The van der Waals surface area contributed by atoms with Crippen LogP contribution in [0, 0.1) is 5.82 Å². The van der Waals surface area contributed by atoms with Crippen molar-refractivity contribution in [1.29, 1.82) is 0 Å². The minimum Gasteiger partial charge on any atom is -0.495 e. The average Bonchev–Trinajstić information content (AvgIpc) is 3.30. The van der Waals surface area contributed by atoms with Crippen LogP contribution in [0.25, 0.3) is 11.3 Å². The Labute approximate surface area is 153 Å². The van der Waals surface area contributed by atoms with Crippen molar-refractivity contribution in [3.8, 4) is 17.1 Å². The lowest BCUT2D eigenvalue weighted by Gasteiger charge is -2.13. The quantitative estimate of drug-likeness (QED) is 0.639. The molecule has 3 aromatic rings. The van der Waals surface area contributed by atoms with Gasteiger partial charge < -0.3 is 14.3 Å². The number of furan rings is 1. The van der Waals surface area contributed by atoms with Gasteiger partial charge in [-0.2, -0.15) is 11.3 Å². The van der Waals surface area contributed by atoms with Gasteiger partial charge in [-0.15, -0.1) is 0 Å². The molecule has 1 aromatic carbocycles. The summed E-state index contributed by atoms with van der Waals surface area (Å²) in [6, 6.07) is 8.33. The van der Waals surface area contributed by atoms with Crippen LogP contribution in [-0.4, -0.2) is 27.2 Å². The number of aliphatic hydroxyl groups is 1. The molecule has 2 N–H and O–H groups in total. The van der Waals surface area contributed by atoms with Crippen molar-refractivity contribution in [1.82, 2.24) is 4.72 Å². The van der Waals surface area contributed by atoms with Crippen molar-refractivity contribution in [3.05, 3.63) is 58.7 Å². The number of hydrogen-bond donors (Lipinski definition) is 2. The predicted octanol–water partition coefficient (Wildman–Crippen LogP) is 3.17. The smallest absolute Gasteiger partial charge is 0.244 e. The molecule has 0 aliphatic heterocycles. The number of sulfonamides is 1. The van der Waals surface area contributed by atoms with E-state index in [1.54, 1.807) is 12.1 Å². The summed E-state index contributed by atoms with van der Waals surface area (Å²) >= 11 is 1.51. The van der Waals surface area contributed by atoms with E-state index < -0.39 is 21.9 Å². The standard InChI is InChI=1S/C17H16FNO5S2/c1-23-16-3-2-12(18)8-17(16)26(21,22)19-9-13(20)15-5-4-14(24-15)11-6-7-25-10-11/h2-8,10,13,19-20H,9H2,1H3/t13-/m1/s1. The third kappa shape index (κ3) is 3.96. The van der Waals surface area contributed by atoms with Gasteiger partial charge in [-0.25, -0.2) is 17.5 Å². The summed E-state index contributed by atoms with van der Waals surface area (Å²) in [5.74, 6) is 0.0966. The van der Waals surface area contributed by atoms with Crippen molar-refractivity contribution in [2.75, 3.05) is 13.7 Å². The SMILES string of the molecule is COc1ccc(F)cc1S(=O)(=O)NC[C@@H](O)c1ccc(-c2ccsc2)o1. The highest BCUT2D eigenvalue weighted by Gasteiger charge is 2.23. The van der Waals surface area contributed by atoms with E-state index in [1.165, 1.54) is 24.5 Å². The van der Waals surface area contributed by atoms with Crippen molar-refractivity contribution in [2.24, 2.45) is 0 Å². The highest BCUT2D eigenvalue weighted by atomic mass is 32.2. The Morgan fingerprint density at radius 2 is 2.12 bits per heavy atom. The molecule has 0 spiro atoms. The van der Waals surface area contributed by atoms with Gasteiger partial charge in [0, 0.05) is 17.5 Å². The second-order valence-electron chi connectivity index (χ2n) is 5.38. The van der Waals surface area contributed by atoms with Crippen LogP contribution >= 0.6 is 11.3 Å². The Hall–Kier alpha value is -2.20. The van der Waals surface area contributed by atoms with Gasteiger partial charge in [0.1, 0.15) is 34.1 Å². The van der Waals surface area contributed by atoms with E-state index in [-0.39, 0.29) is 22.9 Å². The molecule has 2 aromatic heterocycles. The highest BCUT2D eigenvalue weighted by molar-refractivity contribution is 7.89. The Kier molecular flexibility index (Phi) is 5.42. The van der Waals surface area contributed by atoms with E-state index in [4.69, 9.17) is 9.15 Å². The molecule has 0 saturated carbocycles. The van der Waals surface area contributed by atoms with Crippen molar-refractivity contribution in [2.45, 2.75) is 11.0 Å². The van der Waals surface area contributed by atoms with Crippen LogP contribution in [-0.2, 0) is 10.0 Å². The Balaban J connectivity index is 1.73. The van der Waals surface area contributed by atoms with Crippen molar-refractivity contribution < 1.29 is 27.1 Å². The molecular formula is C17H16FNO5S2. The first-order chi connectivity index (χ1) is 12.4. The van der Waals surface area contributed by atoms with Gasteiger partial charge in [0.05, 0.1) is 7.11 Å². The Bertz CT molecular complexity index is 983. The molecule has 2 heterocycles. The van der Waals surface area contributed by atoms with Crippen LogP contribution in [0.5, 0.6) is 5.75 Å². The number of halogens is 1. The number of rotatable bonds is 7. The van der Waals surface area contributed by atoms with Crippen LogP contribution in [0.1, 0.15) is 11.9 Å². The number of methoxy groups -OCH3 is 1. The van der Waals surface area contributed by atoms with E-state index in [0.29, 0.717) is 5.76 Å². The largest absolute Gasteiger partial charge is 0.495 e. The van der Waals surface area contributed by atoms with Gasteiger partial charge in [-0.05, 0) is 41.8 Å². The lowest BCUT2D eigenvalue weighted by atomic mass is 10.2. The summed E-state index contributed by atoms with van der Waals surface area (Å²) in [5, 5.41) is 14.0. The summed E-state index contributed by atoms with van der Waals surface area (Å²) in [6.45, 7) is -0.335. The number of thiophene rings is 1. The molecule has 1 atom stereocenters.